The van der Waals surface area contributed by atoms with Gasteiger partial charge in [-0.15, -0.1) is 24.0 Å². The number of likely N-dealkylation sites (N-methyl/N-ethyl adjacent to an activating group) is 1. The quantitative estimate of drug-likeness (QED) is 0.411. The fourth-order valence-electron chi connectivity index (χ4n) is 2.61. The van der Waals surface area contributed by atoms with Crippen molar-refractivity contribution >= 4 is 35.8 Å². The van der Waals surface area contributed by atoms with Crippen molar-refractivity contribution < 1.29 is 0 Å². The van der Waals surface area contributed by atoms with Crippen molar-refractivity contribution in [2.24, 2.45) is 4.99 Å². The fraction of sp³-hybridized carbons (Fsp3) is 0.625. The van der Waals surface area contributed by atoms with Gasteiger partial charge in [0.1, 0.15) is 5.82 Å². The highest BCUT2D eigenvalue weighted by Gasteiger charge is 2.15. The van der Waals surface area contributed by atoms with Crippen LogP contribution in [0.15, 0.2) is 23.3 Å². The van der Waals surface area contributed by atoms with Crippen molar-refractivity contribution in [2.45, 2.75) is 6.54 Å². The van der Waals surface area contributed by atoms with E-state index in [1.54, 1.807) is 0 Å². The number of pyridine rings is 1. The minimum atomic E-state index is 0. The zero-order valence-electron chi connectivity index (χ0n) is 14.9. The first-order valence-electron chi connectivity index (χ1n) is 7.75. The standard InChI is InChI=1S/C16H28N6.HI/c1-19(2)16(20(3)4)18-13-14-6-7-17-15(12-14)22-10-8-21(5)9-11-22;/h6-7,12H,8-11,13H2,1-5H3;1H. The first-order chi connectivity index (χ1) is 10.5. The molecule has 130 valence electrons. The molecular weight excluding hydrogens is 403 g/mol. The number of anilines is 1. The highest BCUT2D eigenvalue weighted by molar-refractivity contribution is 14.0. The van der Waals surface area contributed by atoms with Crippen molar-refractivity contribution in [3.8, 4) is 0 Å². The molecule has 1 fully saturated rings. The SMILES string of the molecule is CN1CCN(c2cc(CN=C(N(C)C)N(C)C)ccn2)CC1.I. The van der Waals surface area contributed by atoms with Crippen LogP contribution < -0.4 is 4.90 Å². The Balaban J connectivity index is 0.00000264. The number of halogens is 1. The molecule has 0 amide bonds. The minimum Gasteiger partial charge on any atom is -0.354 e. The van der Waals surface area contributed by atoms with Crippen molar-refractivity contribution in [1.29, 1.82) is 0 Å². The van der Waals surface area contributed by atoms with Crippen LogP contribution in [-0.2, 0) is 6.54 Å². The number of nitrogens with zero attached hydrogens (tertiary/aromatic N) is 6. The van der Waals surface area contributed by atoms with E-state index in [1.807, 2.05) is 50.3 Å². The van der Waals surface area contributed by atoms with Gasteiger partial charge in [0, 0.05) is 60.6 Å². The molecule has 0 spiro atoms. The Hall–Kier alpha value is -1.09. The van der Waals surface area contributed by atoms with Gasteiger partial charge in [-0.25, -0.2) is 9.98 Å². The van der Waals surface area contributed by atoms with Crippen LogP contribution in [0.5, 0.6) is 0 Å². The fourth-order valence-corrected chi connectivity index (χ4v) is 2.61. The number of hydrogen-bond acceptors (Lipinski definition) is 4. The molecular formula is C16H29IN6. The van der Waals surface area contributed by atoms with E-state index in [1.165, 1.54) is 5.56 Å². The molecule has 1 aromatic rings. The average Bonchev–Trinajstić information content (AvgIpc) is 2.48. The van der Waals surface area contributed by atoms with Gasteiger partial charge in [0.25, 0.3) is 0 Å². The predicted molar refractivity (Wildman–Crippen MR) is 108 cm³/mol. The lowest BCUT2D eigenvalue weighted by Gasteiger charge is -2.33. The van der Waals surface area contributed by atoms with E-state index >= 15 is 0 Å². The van der Waals surface area contributed by atoms with Gasteiger partial charge in [-0.3, -0.25) is 0 Å². The Kier molecular flexibility index (Phi) is 8.04. The summed E-state index contributed by atoms with van der Waals surface area (Å²) in [5, 5.41) is 0. The first-order valence-corrected chi connectivity index (χ1v) is 7.75. The van der Waals surface area contributed by atoms with Crippen LogP contribution >= 0.6 is 24.0 Å². The predicted octanol–water partition coefficient (Wildman–Crippen LogP) is 1.43. The Labute approximate surface area is 157 Å². The summed E-state index contributed by atoms with van der Waals surface area (Å²) in [5.41, 5.74) is 1.20. The third kappa shape index (κ3) is 5.80. The lowest BCUT2D eigenvalue weighted by atomic mass is 10.2. The van der Waals surface area contributed by atoms with Gasteiger partial charge in [0.2, 0.25) is 0 Å². The maximum Gasteiger partial charge on any atom is 0.195 e. The number of aromatic nitrogens is 1. The second-order valence-electron chi connectivity index (χ2n) is 6.22. The molecule has 0 aliphatic carbocycles. The van der Waals surface area contributed by atoms with Crippen LogP contribution in [0.3, 0.4) is 0 Å². The summed E-state index contributed by atoms with van der Waals surface area (Å²) in [5.74, 6) is 2.04. The van der Waals surface area contributed by atoms with Crippen LogP contribution in [0.1, 0.15) is 5.56 Å². The van der Waals surface area contributed by atoms with Gasteiger partial charge in [-0.1, -0.05) is 0 Å². The second-order valence-corrected chi connectivity index (χ2v) is 6.22. The van der Waals surface area contributed by atoms with E-state index < -0.39 is 0 Å². The first kappa shape index (κ1) is 20.0. The Morgan fingerprint density at radius 2 is 1.74 bits per heavy atom. The molecule has 1 aromatic heterocycles. The van der Waals surface area contributed by atoms with Crippen molar-refractivity contribution in [3.05, 3.63) is 23.9 Å². The maximum atomic E-state index is 4.71. The molecule has 2 rings (SSSR count). The summed E-state index contributed by atoms with van der Waals surface area (Å²) in [6.07, 6.45) is 1.89. The lowest BCUT2D eigenvalue weighted by molar-refractivity contribution is 0.312. The normalized spacial score (nSPS) is 14.9. The van der Waals surface area contributed by atoms with Gasteiger partial charge in [0.15, 0.2) is 5.96 Å². The molecule has 1 aliphatic heterocycles. The van der Waals surface area contributed by atoms with E-state index in [0.29, 0.717) is 6.54 Å². The van der Waals surface area contributed by atoms with E-state index in [9.17, 15) is 0 Å². The second kappa shape index (κ2) is 9.27. The molecule has 1 aliphatic rings. The number of rotatable bonds is 3. The zero-order valence-corrected chi connectivity index (χ0v) is 17.2. The van der Waals surface area contributed by atoms with Crippen molar-refractivity contribution in [1.82, 2.24) is 19.7 Å². The Bertz CT molecular complexity index is 499. The number of aliphatic imine (C=N–C) groups is 1. The molecule has 0 radical (unpaired) electrons. The van der Waals surface area contributed by atoms with Gasteiger partial charge in [-0.05, 0) is 24.7 Å². The third-order valence-electron chi connectivity index (χ3n) is 3.84. The molecule has 0 unspecified atom stereocenters. The topological polar surface area (TPSA) is 38.2 Å². The third-order valence-corrected chi connectivity index (χ3v) is 3.84. The molecule has 7 heteroatoms. The van der Waals surface area contributed by atoms with Gasteiger partial charge < -0.3 is 19.6 Å². The van der Waals surface area contributed by atoms with Crippen molar-refractivity contribution in [3.63, 3.8) is 0 Å². The summed E-state index contributed by atoms with van der Waals surface area (Å²) >= 11 is 0. The molecule has 0 bridgehead atoms. The van der Waals surface area contributed by atoms with Crippen LogP contribution in [0, 0.1) is 0 Å². The number of guanidine groups is 1. The zero-order chi connectivity index (χ0) is 16.1. The maximum absolute atomic E-state index is 4.71. The van der Waals surface area contributed by atoms with Gasteiger partial charge in [-0.2, -0.15) is 0 Å². The Morgan fingerprint density at radius 1 is 1.13 bits per heavy atom. The van der Waals surface area contributed by atoms with Gasteiger partial charge >= 0.3 is 0 Å². The van der Waals surface area contributed by atoms with Crippen LogP contribution in [-0.4, -0.2) is 87.1 Å². The number of hydrogen-bond donors (Lipinski definition) is 0. The van der Waals surface area contributed by atoms with Crippen LogP contribution in [0.4, 0.5) is 5.82 Å². The molecule has 0 atom stereocenters. The van der Waals surface area contributed by atoms with E-state index in [-0.39, 0.29) is 24.0 Å². The minimum absolute atomic E-state index is 0. The van der Waals surface area contributed by atoms with Gasteiger partial charge in [0.05, 0.1) is 6.54 Å². The summed E-state index contributed by atoms with van der Waals surface area (Å²) < 4.78 is 0. The highest BCUT2D eigenvalue weighted by atomic mass is 127. The lowest BCUT2D eigenvalue weighted by Crippen LogP contribution is -2.44. The van der Waals surface area contributed by atoms with E-state index in [0.717, 1.165) is 38.0 Å². The molecule has 0 aromatic carbocycles. The molecule has 2 heterocycles. The summed E-state index contributed by atoms with van der Waals surface area (Å²) in [7, 11) is 10.2. The summed E-state index contributed by atoms with van der Waals surface area (Å²) in [6, 6.07) is 4.21. The summed E-state index contributed by atoms with van der Waals surface area (Å²) in [4.78, 5) is 18.0. The highest BCUT2D eigenvalue weighted by Crippen LogP contribution is 2.15. The average molecular weight is 432 g/mol. The van der Waals surface area contributed by atoms with E-state index in [2.05, 4.69) is 27.9 Å². The van der Waals surface area contributed by atoms with Crippen LogP contribution in [0.25, 0.3) is 0 Å². The molecule has 0 N–H and O–H groups in total. The molecule has 1 saturated heterocycles. The smallest absolute Gasteiger partial charge is 0.195 e. The van der Waals surface area contributed by atoms with Crippen LogP contribution in [0.2, 0.25) is 0 Å². The Morgan fingerprint density at radius 3 is 2.30 bits per heavy atom. The monoisotopic (exact) mass is 432 g/mol. The summed E-state index contributed by atoms with van der Waals surface area (Å²) in [6.45, 7) is 4.94. The molecule has 0 saturated carbocycles. The van der Waals surface area contributed by atoms with E-state index in [4.69, 9.17) is 4.99 Å². The number of piperazine rings is 1. The largest absolute Gasteiger partial charge is 0.354 e. The molecule has 23 heavy (non-hydrogen) atoms. The van der Waals surface area contributed by atoms with Crippen molar-refractivity contribution in [2.75, 3.05) is 66.3 Å². The molecule has 6 nitrogen and oxygen atoms in total.